The molecule has 0 aromatic heterocycles. The van der Waals surface area contributed by atoms with Crippen molar-refractivity contribution in [2.45, 2.75) is 19.6 Å². The predicted octanol–water partition coefficient (Wildman–Crippen LogP) is 1.70. The van der Waals surface area contributed by atoms with E-state index in [1.54, 1.807) is 24.3 Å². The minimum absolute atomic E-state index is 0.0396. The second-order valence-electron chi connectivity index (χ2n) is 3.95. The molecule has 4 N–H and O–H groups in total. The van der Waals surface area contributed by atoms with E-state index >= 15 is 0 Å². The molecule has 0 bridgehead atoms. The van der Waals surface area contributed by atoms with E-state index in [9.17, 15) is 14.3 Å². The first kappa shape index (κ1) is 15.6. The molecule has 1 rings (SSSR count). The monoisotopic (exact) mass is 285 g/mol. The van der Waals surface area contributed by atoms with E-state index in [-0.39, 0.29) is 11.9 Å². The first-order valence-corrected chi connectivity index (χ1v) is 7.09. The summed E-state index contributed by atoms with van der Waals surface area (Å²) in [5, 5.41) is 8.54. The summed E-state index contributed by atoms with van der Waals surface area (Å²) in [6.07, 6.45) is 1.01. The van der Waals surface area contributed by atoms with E-state index in [2.05, 4.69) is 0 Å². The third kappa shape index (κ3) is 4.96. The summed E-state index contributed by atoms with van der Waals surface area (Å²) in [4.78, 5) is 20.3. The SMILES string of the molecule is C/C(=C\C(N)C(=O)O)P(=O)(O)OCc1ccccc1. The van der Waals surface area contributed by atoms with Gasteiger partial charge in [-0.05, 0) is 18.6 Å². The molecule has 0 saturated carbocycles. The Balaban J connectivity index is 2.70. The average molecular weight is 285 g/mol. The Morgan fingerprint density at radius 2 is 2.05 bits per heavy atom. The number of allylic oxidation sites excluding steroid dienone is 1. The number of hydrogen-bond donors (Lipinski definition) is 3. The third-order valence-corrected chi connectivity index (χ3v) is 3.92. The maximum absolute atomic E-state index is 11.9. The van der Waals surface area contributed by atoms with Crippen LogP contribution in [0.5, 0.6) is 0 Å². The predicted molar refractivity (Wildman–Crippen MR) is 70.4 cm³/mol. The van der Waals surface area contributed by atoms with Crippen molar-refractivity contribution < 1.29 is 23.9 Å². The minimum Gasteiger partial charge on any atom is -0.480 e. The lowest BCUT2D eigenvalue weighted by Crippen LogP contribution is -2.27. The molecule has 0 aliphatic heterocycles. The van der Waals surface area contributed by atoms with Crippen LogP contribution >= 0.6 is 7.60 Å². The van der Waals surface area contributed by atoms with Gasteiger partial charge < -0.3 is 20.3 Å². The summed E-state index contributed by atoms with van der Waals surface area (Å²) in [7, 11) is -4.02. The van der Waals surface area contributed by atoms with Crippen LogP contribution in [0.3, 0.4) is 0 Å². The van der Waals surface area contributed by atoms with Gasteiger partial charge in [-0.15, -0.1) is 0 Å². The quantitative estimate of drug-likeness (QED) is 0.686. The van der Waals surface area contributed by atoms with Crippen molar-refractivity contribution >= 4 is 13.6 Å². The molecule has 0 amide bonds. The maximum Gasteiger partial charge on any atom is 0.354 e. The highest BCUT2D eigenvalue weighted by Gasteiger charge is 2.24. The molecule has 7 heteroatoms. The van der Waals surface area contributed by atoms with Gasteiger partial charge in [0.25, 0.3) is 0 Å². The highest BCUT2D eigenvalue weighted by Crippen LogP contribution is 2.51. The molecule has 0 aliphatic carbocycles. The van der Waals surface area contributed by atoms with Gasteiger partial charge in [0, 0.05) is 5.31 Å². The third-order valence-electron chi connectivity index (χ3n) is 2.40. The molecule has 6 nitrogen and oxygen atoms in total. The van der Waals surface area contributed by atoms with Crippen molar-refractivity contribution in [2.24, 2.45) is 5.73 Å². The fourth-order valence-corrected chi connectivity index (χ4v) is 2.14. The highest BCUT2D eigenvalue weighted by molar-refractivity contribution is 7.57. The number of nitrogens with two attached hydrogens (primary N) is 1. The van der Waals surface area contributed by atoms with Crippen molar-refractivity contribution in [1.29, 1.82) is 0 Å². The lowest BCUT2D eigenvalue weighted by atomic mass is 10.2. The first-order chi connectivity index (χ1) is 8.83. The number of carboxylic acids is 1. The molecule has 0 spiro atoms. The van der Waals surface area contributed by atoms with Crippen LogP contribution in [0.15, 0.2) is 41.7 Å². The molecule has 2 unspecified atom stereocenters. The maximum atomic E-state index is 11.9. The van der Waals surface area contributed by atoms with Gasteiger partial charge in [-0.2, -0.15) is 0 Å². The second-order valence-corrected chi connectivity index (χ2v) is 5.96. The fraction of sp³-hybridized carbons (Fsp3) is 0.250. The van der Waals surface area contributed by atoms with Crippen molar-refractivity contribution in [2.75, 3.05) is 0 Å². The second kappa shape index (κ2) is 6.63. The molecule has 0 aliphatic rings. The molecule has 0 heterocycles. The highest BCUT2D eigenvalue weighted by atomic mass is 31.2. The van der Waals surface area contributed by atoms with E-state index in [1.807, 2.05) is 6.07 Å². The number of hydrogen-bond acceptors (Lipinski definition) is 4. The summed E-state index contributed by atoms with van der Waals surface area (Å²) < 4.78 is 16.8. The van der Waals surface area contributed by atoms with Crippen LogP contribution in [-0.2, 0) is 20.5 Å². The minimum atomic E-state index is -4.02. The zero-order valence-electron chi connectivity index (χ0n) is 10.4. The van der Waals surface area contributed by atoms with E-state index < -0.39 is 19.6 Å². The summed E-state index contributed by atoms with van der Waals surface area (Å²) in [5.74, 6) is -1.28. The zero-order valence-corrected chi connectivity index (χ0v) is 11.3. The number of aliphatic carboxylic acids is 1. The molecular formula is C12H16NO5P. The molecular weight excluding hydrogens is 269 g/mol. The zero-order chi connectivity index (χ0) is 14.5. The standard InChI is InChI=1S/C12H16NO5P/c1-9(7-11(13)12(14)15)19(16,17)18-8-10-5-3-2-4-6-10/h2-7,11H,8,13H2,1H3,(H,14,15)(H,16,17)/b9-7+. The van der Waals surface area contributed by atoms with Gasteiger partial charge in [0.15, 0.2) is 0 Å². The molecule has 0 saturated heterocycles. The van der Waals surface area contributed by atoms with Gasteiger partial charge in [-0.25, -0.2) is 0 Å². The summed E-state index contributed by atoms with van der Waals surface area (Å²) in [6, 6.07) is 7.55. The van der Waals surface area contributed by atoms with Gasteiger partial charge in [-0.1, -0.05) is 30.3 Å². The van der Waals surface area contributed by atoms with Crippen LogP contribution < -0.4 is 5.73 Å². The van der Waals surface area contributed by atoms with Crippen molar-refractivity contribution in [3.8, 4) is 0 Å². The van der Waals surface area contributed by atoms with Crippen LogP contribution in [0.2, 0.25) is 0 Å². The Kier molecular flexibility index (Phi) is 5.44. The molecule has 1 aromatic rings. The normalized spacial score (nSPS) is 16.7. The Bertz CT molecular complexity index is 514. The van der Waals surface area contributed by atoms with Crippen molar-refractivity contribution in [3.05, 3.63) is 47.3 Å². The van der Waals surface area contributed by atoms with Crippen molar-refractivity contribution in [3.63, 3.8) is 0 Å². The molecule has 104 valence electrons. The largest absolute Gasteiger partial charge is 0.480 e. The molecule has 0 radical (unpaired) electrons. The topological polar surface area (TPSA) is 110 Å². The summed E-state index contributed by atoms with van der Waals surface area (Å²) in [5.41, 5.74) is 6.00. The average Bonchev–Trinajstić information content (AvgIpc) is 2.37. The van der Waals surface area contributed by atoms with Gasteiger partial charge in [-0.3, -0.25) is 9.36 Å². The Labute approximate surface area is 111 Å². The molecule has 1 aromatic carbocycles. The Morgan fingerprint density at radius 1 is 1.47 bits per heavy atom. The van der Waals surface area contributed by atoms with E-state index in [1.165, 1.54) is 6.92 Å². The number of benzene rings is 1. The Morgan fingerprint density at radius 3 is 2.58 bits per heavy atom. The smallest absolute Gasteiger partial charge is 0.354 e. The van der Waals surface area contributed by atoms with Crippen LogP contribution in [0.25, 0.3) is 0 Å². The van der Waals surface area contributed by atoms with Gasteiger partial charge in [0.05, 0.1) is 6.61 Å². The number of carboxylic acid groups (broad SMARTS) is 1. The first-order valence-electron chi connectivity index (χ1n) is 5.51. The van der Waals surface area contributed by atoms with Crippen LogP contribution in [0, 0.1) is 0 Å². The lowest BCUT2D eigenvalue weighted by Gasteiger charge is -2.13. The van der Waals surface area contributed by atoms with Crippen LogP contribution in [0.1, 0.15) is 12.5 Å². The van der Waals surface area contributed by atoms with E-state index in [4.69, 9.17) is 15.4 Å². The number of carbonyl (C=O) groups is 1. The van der Waals surface area contributed by atoms with Gasteiger partial charge in [0.1, 0.15) is 6.04 Å². The van der Waals surface area contributed by atoms with Crippen LogP contribution in [-0.4, -0.2) is 22.0 Å². The molecule has 0 fully saturated rings. The van der Waals surface area contributed by atoms with E-state index in [0.717, 1.165) is 11.6 Å². The molecule has 2 atom stereocenters. The van der Waals surface area contributed by atoms with Gasteiger partial charge in [0.2, 0.25) is 0 Å². The van der Waals surface area contributed by atoms with Crippen molar-refractivity contribution in [1.82, 2.24) is 0 Å². The van der Waals surface area contributed by atoms with E-state index in [0.29, 0.717) is 0 Å². The molecule has 19 heavy (non-hydrogen) atoms. The number of rotatable bonds is 6. The fourth-order valence-electron chi connectivity index (χ4n) is 1.26. The lowest BCUT2D eigenvalue weighted by molar-refractivity contribution is -0.137. The summed E-state index contributed by atoms with van der Waals surface area (Å²) >= 11 is 0. The van der Waals surface area contributed by atoms with Gasteiger partial charge >= 0.3 is 13.6 Å². The van der Waals surface area contributed by atoms with Crippen LogP contribution in [0.4, 0.5) is 0 Å². The Hall–Kier alpha value is -1.46. The summed E-state index contributed by atoms with van der Waals surface area (Å²) in [6.45, 7) is 1.27.